The quantitative estimate of drug-likeness (QED) is 0.243. The largest absolute Gasteiger partial charge is 0.508 e. The maximum Gasteiger partial charge on any atom is 0.326 e. The molecule has 0 bridgehead atoms. The highest BCUT2D eigenvalue weighted by Crippen LogP contribution is 2.20. The minimum Gasteiger partial charge on any atom is -0.508 e. The topological polar surface area (TPSA) is 199 Å². The minimum atomic E-state index is -1.48. The van der Waals surface area contributed by atoms with Crippen molar-refractivity contribution < 1.29 is 39.3 Å². The highest BCUT2D eigenvalue weighted by atomic mass is 16.4. The number of carbonyl (C=O) groups is 5. The van der Waals surface area contributed by atoms with E-state index >= 15 is 0 Å². The number of amides is 3. The van der Waals surface area contributed by atoms with Crippen LogP contribution in [0.3, 0.4) is 0 Å². The fourth-order valence-electron chi connectivity index (χ4n) is 3.46. The first-order valence-electron chi connectivity index (χ1n) is 9.95. The van der Waals surface area contributed by atoms with Crippen molar-refractivity contribution in [2.45, 2.75) is 43.8 Å². The number of phenols is 1. The molecule has 32 heavy (non-hydrogen) atoms. The Morgan fingerprint density at radius 1 is 1.06 bits per heavy atom. The molecule has 3 atom stereocenters. The molecule has 0 aliphatic carbocycles. The molecule has 0 aromatic heterocycles. The van der Waals surface area contributed by atoms with Gasteiger partial charge in [-0.1, -0.05) is 12.1 Å². The molecule has 12 heteroatoms. The number of rotatable bonds is 10. The summed E-state index contributed by atoms with van der Waals surface area (Å²) < 4.78 is 0. The first-order valence-corrected chi connectivity index (χ1v) is 9.95. The van der Waals surface area contributed by atoms with Gasteiger partial charge in [-0.2, -0.15) is 0 Å². The van der Waals surface area contributed by atoms with Crippen LogP contribution in [0.4, 0.5) is 0 Å². The lowest BCUT2D eigenvalue weighted by molar-refractivity contribution is -0.149. The number of nitrogens with two attached hydrogens (primary N) is 1. The van der Waals surface area contributed by atoms with Gasteiger partial charge in [-0.3, -0.25) is 19.2 Å². The van der Waals surface area contributed by atoms with Crippen molar-refractivity contribution in [2.24, 2.45) is 5.73 Å². The number of carbonyl (C=O) groups excluding carboxylic acids is 3. The molecule has 1 aliphatic rings. The summed E-state index contributed by atoms with van der Waals surface area (Å²) in [6.07, 6.45) is -0.0244. The molecule has 1 aromatic rings. The van der Waals surface area contributed by atoms with E-state index in [0.717, 1.165) is 0 Å². The van der Waals surface area contributed by atoms with E-state index in [1.165, 1.54) is 29.2 Å². The third-order valence-corrected chi connectivity index (χ3v) is 5.03. The number of nitrogens with one attached hydrogen (secondary N) is 2. The molecule has 7 N–H and O–H groups in total. The van der Waals surface area contributed by atoms with Gasteiger partial charge >= 0.3 is 11.9 Å². The number of nitrogens with zero attached hydrogens (tertiary/aromatic N) is 1. The van der Waals surface area contributed by atoms with E-state index < -0.39 is 60.8 Å². The maximum absolute atomic E-state index is 13.2. The summed E-state index contributed by atoms with van der Waals surface area (Å²) in [5, 5.41) is 32.6. The normalized spacial score (nSPS) is 17.3. The Morgan fingerprint density at radius 2 is 1.72 bits per heavy atom. The van der Waals surface area contributed by atoms with E-state index in [9.17, 15) is 34.2 Å². The molecule has 12 nitrogen and oxygen atoms in total. The van der Waals surface area contributed by atoms with Crippen molar-refractivity contribution >= 4 is 29.7 Å². The number of aliphatic carboxylic acids is 2. The van der Waals surface area contributed by atoms with E-state index in [0.29, 0.717) is 12.0 Å². The van der Waals surface area contributed by atoms with Crippen molar-refractivity contribution in [1.82, 2.24) is 15.5 Å². The number of phenolic OH excluding ortho intramolecular Hbond substituents is 1. The molecule has 1 heterocycles. The Kier molecular flexibility index (Phi) is 8.53. The lowest BCUT2D eigenvalue weighted by Crippen LogP contribution is -2.57. The number of likely N-dealkylation sites (tertiary alicyclic amines) is 1. The standard InChI is InChI=1S/C20H26N4O8/c21-10-16(26)22-13(9-17(27)28)18(29)23-14(8-11-3-5-12(25)6-4-11)19(30)24-7-1-2-15(24)20(31)32/h3-6,13-15,25H,1-2,7-10,21H2,(H,22,26)(H,23,29)(H,27,28)(H,31,32). The first kappa shape index (κ1) is 24.6. The number of hydrogen-bond donors (Lipinski definition) is 6. The molecule has 0 saturated carbocycles. The fraction of sp³-hybridized carbons (Fsp3) is 0.450. The Bertz CT molecular complexity index is 873. The molecule has 0 spiro atoms. The fourth-order valence-corrected chi connectivity index (χ4v) is 3.46. The van der Waals surface area contributed by atoms with Crippen molar-refractivity contribution in [3.8, 4) is 5.75 Å². The summed E-state index contributed by atoms with van der Waals surface area (Å²) in [7, 11) is 0. The van der Waals surface area contributed by atoms with Crippen LogP contribution < -0.4 is 16.4 Å². The molecule has 1 aliphatic heterocycles. The summed E-state index contributed by atoms with van der Waals surface area (Å²) in [4.78, 5) is 61.3. The molecule has 1 aromatic carbocycles. The van der Waals surface area contributed by atoms with Gasteiger partial charge in [0.25, 0.3) is 0 Å². The molecule has 1 saturated heterocycles. The molecule has 3 unspecified atom stereocenters. The molecular formula is C20H26N4O8. The number of benzene rings is 1. The van der Waals surface area contributed by atoms with E-state index in [2.05, 4.69) is 10.6 Å². The van der Waals surface area contributed by atoms with E-state index in [1.54, 1.807) is 0 Å². The van der Waals surface area contributed by atoms with Gasteiger partial charge in [0.15, 0.2) is 0 Å². The molecule has 1 fully saturated rings. The molecule has 0 radical (unpaired) electrons. The van der Waals surface area contributed by atoms with Gasteiger partial charge in [-0.05, 0) is 30.5 Å². The van der Waals surface area contributed by atoms with Gasteiger partial charge in [0.1, 0.15) is 23.9 Å². The summed E-state index contributed by atoms with van der Waals surface area (Å²) >= 11 is 0. The van der Waals surface area contributed by atoms with E-state index in [1.807, 2.05) is 0 Å². The Balaban J connectivity index is 2.27. The second kappa shape index (κ2) is 11.1. The number of carboxylic acids is 2. The monoisotopic (exact) mass is 450 g/mol. The van der Waals surface area contributed by atoms with Crippen LogP contribution in [-0.4, -0.2) is 81.1 Å². The van der Waals surface area contributed by atoms with Crippen molar-refractivity contribution in [2.75, 3.05) is 13.1 Å². The van der Waals surface area contributed by atoms with E-state index in [4.69, 9.17) is 10.8 Å². The third-order valence-electron chi connectivity index (χ3n) is 5.03. The Hall–Kier alpha value is -3.67. The highest BCUT2D eigenvalue weighted by molar-refractivity contribution is 5.95. The smallest absolute Gasteiger partial charge is 0.326 e. The first-order chi connectivity index (χ1) is 15.1. The van der Waals surface area contributed by atoms with Gasteiger partial charge in [-0.25, -0.2) is 4.79 Å². The second-order valence-electron chi connectivity index (χ2n) is 7.38. The lowest BCUT2D eigenvalue weighted by Gasteiger charge is -2.28. The van der Waals surface area contributed by atoms with Gasteiger partial charge in [0.2, 0.25) is 17.7 Å². The average Bonchev–Trinajstić information content (AvgIpc) is 3.23. The molecule has 2 rings (SSSR count). The van der Waals surface area contributed by atoms with Crippen LogP contribution in [0.2, 0.25) is 0 Å². The average molecular weight is 450 g/mol. The number of carboxylic acid groups (broad SMARTS) is 2. The maximum atomic E-state index is 13.2. The Labute approximate surface area is 183 Å². The second-order valence-corrected chi connectivity index (χ2v) is 7.38. The SMILES string of the molecule is NCC(=O)NC(CC(=O)O)C(=O)NC(Cc1ccc(O)cc1)C(=O)N1CCCC1C(=O)O. The Morgan fingerprint density at radius 3 is 2.28 bits per heavy atom. The summed E-state index contributed by atoms with van der Waals surface area (Å²) in [5.74, 6) is -4.83. The minimum absolute atomic E-state index is 0.00262. The molecular weight excluding hydrogens is 424 g/mol. The zero-order valence-electron chi connectivity index (χ0n) is 17.2. The van der Waals surface area contributed by atoms with Crippen molar-refractivity contribution in [1.29, 1.82) is 0 Å². The van der Waals surface area contributed by atoms with E-state index in [-0.39, 0.29) is 25.1 Å². The van der Waals surface area contributed by atoms with Gasteiger partial charge < -0.3 is 36.6 Å². The molecule has 174 valence electrons. The van der Waals surface area contributed by atoms with Gasteiger partial charge in [0.05, 0.1) is 13.0 Å². The van der Waals surface area contributed by atoms with Gasteiger partial charge in [0, 0.05) is 13.0 Å². The number of hydrogen-bond acceptors (Lipinski definition) is 7. The van der Waals surface area contributed by atoms with Crippen LogP contribution in [0.5, 0.6) is 5.75 Å². The summed E-state index contributed by atoms with van der Waals surface area (Å²) in [6, 6.07) is 2.11. The van der Waals surface area contributed by atoms with Crippen molar-refractivity contribution in [3.05, 3.63) is 29.8 Å². The third kappa shape index (κ3) is 6.67. The zero-order valence-corrected chi connectivity index (χ0v) is 17.2. The van der Waals surface area contributed by atoms with Crippen LogP contribution in [0.25, 0.3) is 0 Å². The summed E-state index contributed by atoms with van der Waals surface area (Å²) in [5.41, 5.74) is 5.78. The predicted molar refractivity (Wildman–Crippen MR) is 109 cm³/mol. The van der Waals surface area contributed by atoms with Crippen LogP contribution >= 0.6 is 0 Å². The van der Waals surface area contributed by atoms with Gasteiger partial charge in [-0.15, -0.1) is 0 Å². The van der Waals surface area contributed by atoms with Crippen LogP contribution in [0.1, 0.15) is 24.8 Å². The van der Waals surface area contributed by atoms with Crippen LogP contribution in [0.15, 0.2) is 24.3 Å². The van der Waals surface area contributed by atoms with Crippen molar-refractivity contribution in [3.63, 3.8) is 0 Å². The summed E-state index contributed by atoms with van der Waals surface area (Å²) in [6.45, 7) is -0.270. The van der Waals surface area contributed by atoms with Crippen LogP contribution in [0, 0.1) is 0 Å². The molecule has 3 amide bonds. The number of aromatic hydroxyl groups is 1. The lowest BCUT2D eigenvalue weighted by atomic mass is 10.0. The zero-order chi connectivity index (χ0) is 23.8. The highest BCUT2D eigenvalue weighted by Gasteiger charge is 2.38. The van der Waals surface area contributed by atoms with Crippen LogP contribution in [-0.2, 0) is 30.4 Å². The predicted octanol–water partition coefficient (Wildman–Crippen LogP) is -1.59.